The number of aromatic nitrogens is 1. The zero-order chi connectivity index (χ0) is 29.9. The first-order chi connectivity index (χ1) is 21.5. The fourth-order valence-corrected chi connectivity index (χ4v) is 7.52. The molecule has 0 N–H and O–H groups in total. The third kappa shape index (κ3) is 4.01. The normalized spacial score (nSPS) is 18.5. The van der Waals surface area contributed by atoms with Gasteiger partial charge >= 0.3 is 0 Å². The Morgan fingerprint density at radius 1 is 0.909 bits per heavy atom. The van der Waals surface area contributed by atoms with Gasteiger partial charge in [-0.15, -0.1) is 11.3 Å². The summed E-state index contributed by atoms with van der Waals surface area (Å²) in [7, 11) is 0. The monoisotopic (exact) mass is 609 g/mol. The van der Waals surface area contributed by atoms with Gasteiger partial charge in [0.1, 0.15) is 12.8 Å². The van der Waals surface area contributed by atoms with E-state index in [1.165, 1.54) is 17.4 Å². The number of fused-ring (bicyclic) bond motifs is 7. The number of carbonyl (C=O) groups excluding carboxylic acids is 1. The quantitative estimate of drug-likeness (QED) is 0.252. The second-order valence-electron chi connectivity index (χ2n) is 10.9. The van der Waals surface area contributed by atoms with Crippen LogP contribution in [0.25, 0.3) is 21.6 Å². The summed E-state index contributed by atoms with van der Waals surface area (Å²) in [5.74, 6) is -2.30. The molecular formula is C34H25F2N3O4S. The Hall–Kier alpha value is -4.80. The van der Waals surface area contributed by atoms with E-state index in [4.69, 9.17) is 9.47 Å². The fraction of sp³-hybridized carbons (Fsp3) is 0.176. The lowest BCUT2D eigenvalue weighted by atomic mass is 9.92. The van der Waals surface area contributed by atoms with E-state index in [1.807, 2.05) is 71.1 Å². The van der Waals surface area contributed by atoms with Crippen LogP contribution < -0.4 is 15.2 Å². The Morgan fingerprint density at radius 2 is 1.73 bits per heavy atom. The van der Waals surface area contributed by atoms with Crippen molar-refractivity contribution >= 4 is 17.2 Å². The molecule has 2 aromatic heterocycles. The largest absolute Gasteiger partial charge is 0.482 e. The molecular weight excluding hydrogens is 584 g/mol. The number of amides is 1. The molecule has 2 aliphatic heterocycles. The van der Waals surface area contributed by atoms with Crippen molar-refractivity contribution in [3.05, 3.63) is 135 Å². The summed E-state index contributed by atoms with van der Waals surface area (Å²) in [4.78, 5) is 30.0. The van der Waals surface area contributed by atoms with Gasteiger partial charge in [0.25, 0.3) is 5.91 Å². The summed E-state index contributed by atoms with van der Waals surface area (Å²) in [6.45, 7) is 0.875. The number of ether oxygens (including phenoxy) is 2. The van der Waals surface area contributed by atoms with Gasteiger partial charge in [-0.1, -0.05) is 60.7 Å². The van der Waals surface area contributed by atoms with E-state index in [0.717, 1.165) is 27.6 Å². The van der Waals surface area contributed by atoms with E-state index in [1.54, 1.807) is 21.8 Å². The third-order valence-electron chi connectivity index (χ3n) is 8.50. The molecule has 0 spiro atoms. The maximum atomic E-state index is 15.9. The molecule has 0 saturated carbocycles. The molecule has 7 nitrogen and oxygen atoms in total. The highest BCUT2D eigenvalue weighted by molar-refractivity contribution is 7.14. The van der Waals surface area contributed by atoms with Crippen LogP contribution in [0.1, 0.15) is 33.2 Å². The van der Waals surface area contributed by atoms with Gasteiger partial charge in [-0.2, -0.15) is 0 Å². The van der Waals surface area contributed by atoms with Gasteiger partial charge in [-0.3, -0.25) is 19.3 Å². The molecule has 1 saturated heterocycles. The zero-order valence-electron chi connectivity index (χ0n) is 23.3. The van der Waals surface area contributed by atoms with Crippen molar-refractivity contribution in [1.29, 1.82) is 0 Å². The highest BCUT2D eigenvalue weighted by Crippen LogP contribution is 2.51. The van der Waals surface area contributed by atoms with Crippen molar-refractivity contribution in [1.82, 2.24) is 9.58 Å². The number of nitrogens with zero attached hydrogens (tertiary/aromatic N) is 3. The maximum Gasteiger partial charge on any atom is 0.278 e. The molecule has 8 rings (SSSR count). The van der Waals surface area contributed by atoms with Gasteiger partial charge in [0.2, 0.25) is 5.43 Å². The molecule has 220 valence electrons. The summed E-state index contributed by atoms with van der Waals surface area (Å²) in [5.41, 5.74) is 3.52. The van der Waals surface area contributed by atoms with Crippen LogP contribution in [0, 0.1) is 11.6 Å². The van der Waals surface area contributed by atoms with Crippen LogP contribution in [0.3, 0.4) is 0 Å². The van der Waals surface area contributed by atoms with Crippen LogP contribution in [0.15, 0.2) is 95.2 Å². The van der Waals surface area contributed by atoms with E-state index >= 15 is 4.39 Å². The molecule has 1 fully saturated rings. The van der Waals surface area contributed by atoms with E-state index in [2.05, 4.69) is 0 Å². The molecule has 2 unspecified atom stereocenters. The van der Waals surface area contributed by atoms with Crippen LogP contribution in [0.2, 0.25) is 0 Å². The topological polar surface area (TPSA) is 64.0 Å². The predicted molar refractivity (Wildman–Crippen MR) is 162 cm³/mol. The lowest BCUT2D eigenvalue weighted by Crippen LogP contribution is -2.66. The first-order valence-electron chi connectivity index (χ1n) is 14.3. The number of carbonyl (C=O) groups is 1. The Bertz CT molecular complexity index is 1990. The molecule has 10 heteroatoms. The number of pyridine rings is 1. The van der Waals surface area contributed by atoms with E-state index in [-0.39, 0.29) is 42.7 Å². The van der Waals surface area contributed by atoms with Crippen molar-refractivity contribution in [2.45, 2.75) is 18.8 Å². The lowest BCUT2D eigenvalue weighted by molar-refractivity contribution is -0.0197. The van der Waals surface area contributed by atoms with Crippen LogP contribution in [-0.2, 0) is 11.3 Å². The fourth-order valence-electron chi connectivity index (χ4n) is 6.57. The molecule has 4 heterocycles. The van der Waals surface area contributed by atoms with Crippen LogP contribution in [0.5, 0.6) is 5.75 Å². The van der Waals surface area contributed by atoms with Gasteiger partial charge in [-0.25, -0.2) is 8.78 Å². The van der Waals surface area contributed by atoms with E-state index in [9.17, 15) is 14.0 Å². The molecule has 0 bridgehead atoms. The Kier molecular flexibility index (Phi) is 6.35. The number of halogens is 2. The second kappa shape index (κ2) is 10.4. The Labute approximate surface area is 255 Å². The average molecular weight is 610 g/mol. The number of hydrogen-bond donors (Lipinski definition) is 0. The van der Waals surface area contributed by atoms with Crippen molar-refractivity contribution in [3.8, 4) is 27.3 Å². The van der Waals surface area contributed by atoms with Crippen molar-refractivity contribution in [2.75, 3.05) is 24.8 Å². The van der Waals surface area contributed by atoms with Crippen molar-refractivity contribution in [2.24, 2.45) is 0 Å². The van der Waals surface area contributed by atoms with Crippen molar-refractivity contribution < 1.29 is 23.0 Å². The van der Waals surface area contributed by atoms with Crippen LogP contribution in [-0.4, -0.2) is 41.4 Å². The molecule has 3 aliphatic rings. The molecule has 44 heavy (non-hydrogen) atoms. The van der Waals surface area contributed by atoms with Gasteiger partial charge in [0, 0.05) is 34.8 Å². The number of hydrogen-bond acceptors (Lipinski definition) is 6. The van der Waals surface area contributed by atoms with Crippen molar-refractivity contribution in [3.63, 3.8) is 0 Å². The van der Waals surface area contributed by atoms with Gasteiger partial charge in [-0.05, 0) is 39.8 Å². The molecule has 3 aromatic carbocycles. The molecule has 5 aromatic rings. The summed E-state index contributed by atoms with van der Waals surface area (Å²) >= 11 is 1.46. The van der Waals surface area contributed by atoms with Gasteiger partial charge in [0.15, 0.2) is 23.1 Å². The summed E-state index contributed by atoms with van der Waals surface area (Å²) in [5, 5.41) is 3.82. The zero-order valence-corrected chi connectivity index (χ0v) is 24.1. The molecule has 2 atom stereocenters. The maximum absolute atomic E-state index is 15.9. The predicted octanol–water partition coefficient (Wildman–Crippen LogP) is 5.95. The lowest BCUT2D eigenvalue weighted by Gasteiger charge is -2.51. The van der Waals surface area contributed by atoms with Gasteiger partial charge < -0.3 is 14.4 Å². The SMILES string of the molecule is O=C1c2c(OCc3ccccc3)c(=O)ccn2N(C2c3ccccc3-c3sccc3-c3c2ccc(F)c3F)C2COCCN12. The van der Waals surface area contributed by atoms with E-state index in [0.29, 0.717) is 17.7 Å². The highest BCUT2D eigenvalue weighted by atomic mass is 32.1. The summed E-state index contributed by atoms with van der Waals surface area (Å²) in [6, 6.07) is 22.4. The van der Waals surface area contributed by atoms with Gasteiger partial charge in [0.05, 0.1) is 19.3 Å². The summed E-state index contributed by atoms with van der Waals surface area (Å²) in [6.07, 6.45) is 0.947. The molecule has 1 amide bonds. The summed E-state index contributed by atoms with van der Waals surface area (Å²) < 4.78 is 44.5. The van der Waals surface area contributed by atoms with Crippen LogP contribution >= 0.6 is 11.3 Å². The number of benzene rings is 3. The Balaban J connectivity index is 1.39. The minimum atomic E-state index is -0.942. The van der Waals surface area contributed by atoms with E-state index < -0.39 is 29.3 Å². The first kappa shape index (κ1) is 26.8. The third-order valence-corrected chi connectivity index (χ3v) is 9.45. The Morgan fingerprint density at radius 3 is 2.59 bits per heavy atom. The van der Waals surface area contributed by atoms with Crippen LogP contribution in [0.4, 0.5) is 8.78 Å². The standard InChI is InChI=1S/C34H25F2N3O4S/c35-25-11-10-23-28(29(25)36)24-13-17-44-33(24)22-9-5-4-8-21(22)30(23)39-27-19-42-16-15-37(27)34(41)31-32(26(40)12-14-38(31)39)43-18-20-6-2-1-3-7-20/h1-14,17,27,30H,15-16,18-19H2. The average Bonchev–Trinajstić information content (AvgIpc) is 3.50. The minimum Gasteiger partial charge on any atom is -0.482 e. The highest BCUT2D eigenvalue weighted by Gasteiger charge is 2.47. The number of thiophene rings is 1. The first-order valence-corrected chi connectivity index (χ1v) is 15.2. The number of rotatable bonds is 4. The smallest absolute Gasteiger partial charge is 0.278 e. The second-order valence-corrected chi connectivity index (χ2v) is 11.8. The molecule has 1 aliphatic carbocycles. The minimum absolute atomic E-state index is 0.0668. The molecule has 0 radical (unpaired) electrons. The number of morpholine rings is 1.